The number of aliphatic hydroxyl groups is 1. The fraction of sp³-hybridized carbons (Fsp3) is 0.917. The first-order valence-corrected chi connectivity index (χ1v) is 6.03. The number of hydrogen-bond donors (Lipinski definition) is 1. The number of alkyl halides is 1. The number of aliphatic hydroxyl groups excluding tert-OH is 1. The van der Waals surface area contributed by atoms with Crippen molar-refractivity contribution in [2.24, 2.45) is 0 Å². The lowest BCUT2D eigenvalue weighted by atomic mass is 9.98. The van der Waals surface area contributed by atoms with Gasteiger partial charge in [-0.15, -0.1) is 0 Å². The Bertz CT molecular complexity index is 277. The van der Waals surface area contributed by atoms with E-state index in [2.05, 4.69) is 0 Å². The summed E-state index contributed by atoms with van der Waals surface area (Å²) in [6.07, 6.45) is 0.613. The summed E-state index contributed by atoms with van der Waals surface area (Å²) in [6.45, 7) is 5.71. The number of nitrogens with zero attached hydrogens (tertiary/aromatic N) is 1. The molecule has 1 heterocycles. The predicted octanol–water partition coefficient (Wildman–Crippen LogP) is 2.11. The molecule has 1 unspecified atom stereocenters. The van der Waals surface area contributed by atoms with Crippen LogP contribution in [0.4, 0.5) is 9.18 Å². The fourth-order valence-electron chi connectivity index (χ4n) is 1.83. The Morgan fingerprint density at radius 1 is 1.41 bits per heavy atom. The van der Waals surface area contributed by atoms with Crippen molar-refractivity contribution in [3.05, 3.63) is 0 Å². The maximum atomic E-state index is 13.9. The number of hydrogen-bond acceptors (Lipinski definition) is 3. The molecular formula is C12H22FNO3. The van der Waals surface area contributed by atoms with Gasteiger partial charge in [-0.3, -0.25) is 0 Å². The van der Waals surface area contributed by atoms with E-state index in [-0.39, 0.29) is 6.42 Å². The second-order valence-electron chi connectivity index (χ2n) is 5.63. The van der Waals surface area contributed by atoms with Gasteiger partial charge in [-0.1, -0.05) is 0 Å². The average molecular weight is 247 g/mol. The summed E-state index contributed by atoms with van der Waals surface area (Å²) in [4.78, 5) is 13.3. The van der Waals surface area contributed by atoms with Crippen LogP contribution < -0.4 is 0 Å². The van der Waals surface area contributed by atoms with Gasteiger partial charge < -0.3 is 14.7 Å². The summed E-state index contributed by atoms with van der Waals surface area (Å²) in [5.74, 6) is 0. The SMILES string of the molecule is CC(C)(C)OC(=O)N1CCCC(F)(CO)CC1. The number of likely N-dealkylation sites (tertiary alicyclic amines) is 1. The minimum Gasteiger partial charge on any atom is -0.444 e. The third-order valence-electron chi connectivity index (χ3n) is 2.82. The zero-order valence-corrected chi connectivity index (χ0v) is 10.8. The first kappa shape index (κ1) is 14.2. The Hall–Kier alpha value is -0.840. The van der Waals surface area contributed by atoms with Gasteiger partial charge in [0, 0.05) is 19.5 Å². The smallest absolute Gasteiger partial charge is 0.410 e. The molecule has 0 radical (unpaired) electrons. The lowest BCUT2D eigenvalue weighted by molar-refractivity contribution is 0.0225. The van der Waals surface area contributed by atoms with Crippen molar-refractivity contribution >= 4 is 6.09 Å². The standard InChI is InChI=1S/C12H22FNO3/c1-11(2,3)17-10(16)14-7-4-5-12(13,9-15)6-8-14/h15H,4-9H2,1-3H3. The Morgan fingerprint density at radius 3 is 2.59 bits per heavy atom. The van der Waals surface area contributed by atoms with Crippen molar-refractivity contribution < 1.29 is 19.0 Å². The summed E-state index contributed by atoms with van der Waals surface area (Å²) < 4.78 is 19.1. The molecule has 0 aromatic heterocycles. The molecule has 5 heteroatoms. The molecule has 0 bridgehead atoms. The van der Waals surface area contributed by atoms with Crippen molar-refractivity contribution in [1.82, 2.24) is 4.90 Å². The number of carbonyl (C=O) groups is 1. The van der Waals surface area contributed by atoms with Gasteiger partial charge in [0.05, 0.1) is 6.61 Å². The molecule has 0 aliphatic carbocycles. The largest absolute Gasteiger partial charge is 0.444 e. The van der Waals surface area contributed by atoms with Crippen LogP contribution in [0.1, 0.15) is 40.0 Å². The highest BCUT2D eigenvalue weighted by molar-refractivity contribution is 5.68. The van der Waals surface area contributed by atoms with E-state index in [4.69, 9.17) is 9.84 Å². The van der Waals surface area contributed by atoms with Gasteiger partial charge in [0.1, 0.15) is 11.3 Å². The van der Waals surface area contributed by atoms with Crippen molar-refractivity contribution in [3.63, 3.8) is 0 Å². The second kappa shape index (κ2) is 5.21. The molecule has 0 aromatic carbocycles. The van der Waals surface area contributed by atoms with E-state index in [0.717, 1.165) is 0 Å². The molecule has 1 saturated heterocycles. The van der Waals surface area contributed by atoms with Gasteiger partial charge in [-0.2, -0.15) is 0 Å². The molecule has 1 rings (SSSR count). The molecule has 1 amide bonds. The van der Waals surface area contributed by atoms with Gasteiger partial charge >= 0.3 is 6.09 Å². The minimum atomic E-state index is -1.54. The van der Waals surface area contributed by atoms with Crippen LogP contribution in [0.2, 0.25) is 0 Å². The zero-order chi connectivity index (χ0) is 13.1. The first-order valence-electron chi connectivity index (χ1n) is 6.03. The van der Waals surface area contributed by atoms with Crippen molar-refractivity contribution in [3.8, 4) is 0 Å². The summed E-state index contributed by atoms with van der Waals surface area (Å²) in [6, 6.07) is 0. The van der Waals surface area contributed by atoms with Crippen LogP contribution in [0.5, 0.6) is 0 Å². The van der Waals surface area contributed by atoms with Crippen molar-refractivity contribution in [2.75, 3.05) is 19.7 Å². The van der Waals surface area contributed by atoms with Crippen LogP contribution in [-0.4, -0.2) is 47.1 Å². The van der Waals surface area contributed by atoms with E-state index in [1.54, 1.807) is 20.8 Å². The fourth-order valence-corrected chi connectivity index (χ4v) is 1.83. The predicted molar refractivity (Wildman–Crippen MR) is 62.6 cm³/mol. The highest BCUT2D eigenvalue weighted by Gasteiger charge is 2.34. The third-order valence-corrected chi connectivity index (χ3v) is 2.82. The molecule has 1 fully saturated rings. The number of halogens is 1. The third kappa shape index (κ3) is 4.50. The molecule has 100 valence electrons. The van der Waals surface area contributed by atoms with Gasteiger partial charge in [-0.05, 0) is 33.6 Å². The van der Waals surface area contributed by atoms with E-state index in [0.29, 0.717) is 25.9 Å². The highest BCUT2D eigenvalue weighted by atomic mass is 19.1. The van der Waals surface area contributed by atoms with Gasteiger partial charge in [0.15, 0.2) is 0 Å². The maximum Gasteiger partial charge on any atom is 0.410 e. The topological polar surface area (TPSA) is 49.8 Å². The lowest BCUT2D eigenvalue weighted by Crippen LogP contribution is -2.38. The summed E-state index contributed by atoms with van der Waals surface area (Å²) in [5, 5.41) is 8.98. The molecule has 4 nitrogen and oxygen atoms in total. The van der Waals surface area contributed by atoms with E-state index in [9.17, 15) is 9.18 Å². The van der Waals surface area contributed by atoms with Crippen LogP contribution in [0.25, 0.3) is 0 Å². The molecule has 0 saturated carbocycles. The molecule has 0 aromatic rings. The van der Waals surface area contributed by atoms with Crippen molar-refractivity contribution in [1.29, 1.82) is 0 Å². The van der Waals surface area contributed by atoms with Crippen molar-refractivity contribution in [2.45, 2.75) is 51.3 Å². The summed E-state index contributed by atoms with van der Waals surface area (Å²) in [7, 11) is 0. The number of carbonyl (C=O) groups excluding carboxylic acids is 1. The summed E-state index contributed by atoms with van der Waals surface area (Å²) in [5.41, 5.74) is -2.08. The van der Waals surface area contributed by atoms with Gasteiger partial charge in [-0.25, -0.2) is 9.18 Å². The van der Waals surface area contributed by atoms with Crippen LogP contribution >= 0.6 is 0 Å². The van der Waals surface area contributed by atoms with E-state index >= 15 is 0 Å². The Morgan fingerprint density at radius 2 is 2.06 bits per heavy atom. The normalized spacial score (nSPS) is 26.5. The summed E-state index contributed by atoms with van der Waals surface area (Å²) >= 11 is 0. The maximum absolute atomic E-state index is 13.9. The van der Waals surface area contributed by atoms with Crippen LogP contribution in [-0.2, 0) is 4.74 Å². The number of ether oxygens (including phenoxy) is 1. The molecule has 1 atom stereocenters. The molecule has 1 aliphatic heterocycles. The molecule has 1 N–H and O–H groups in total. The van der Waals surface area contributed by atoms with E-state index in [1.165, 1.54) is 4.90 Å². The number of rotatable bonds is 1. The molecule has 17 heavy (non-hydrogen) atoms. The average Bonchev–Trinajstić information content (AvgIpc) is 2.39. The Kier molecular flexibility index (Phi) is 4.36. The second-order valence-corrected chi connectivity index (χ2v) is 5.63. The number of amides is 1. The van der Waals surface area contributed by atoms with E-state index in [1.807, 2.05) is 0 Å². The van der Waals surface area contributed by atoms with E-state index < -0.39 is 24.0 Å². The Balaban J connectivity index is 2.54. The van der Waals surface area contributed by atoms with Gasteiger partial charge in [0.2, 0.25) is 0 Å². The molecule has 0 spiro atoms. The highest BCUT2D eigenvalue weighted by Crippen LogP contribution is 2.26. The quantitative estimate of drug-likeness (QED) is 0.772. The van der Waals surface area contributed by atoms with Crippen LogP contribution in [0, 0.1) is 0 Å². The molecular weight excluding hydrogens is 225 g/mol. The monoisotopic (exact) mass is 247 g/mol. The minimum absolute atomic E-state index is 0.169. The van der Waals surface area contributed by atoms with Gasteiger partial charge in [0.25, 0.3) is 0 Å². The van der Waals surface area contributed by atoms with Crippen LogP contribution in [0.3, 0.4) is 0 Å². The Labute approximate surface area is 102 Å². The first-order chi connectivity index (χ1) is 7.76. The van der Waals surface area contributed by atoms with Crippen LogP contribution in [0.15, 0.2) is 0 Å². The molecule has 1 aliphatic rings. The lowest BCUT2D eigenvalue weighted by Gasteiger charge is -2.26. The zero-order valence-electron chi connectivity index (χ0n) is 10.8.